The molecule has 0 saturated carbocycles. The predicted octanol–water partition coefficient (Wildman–Crippen LogP) is 4.64. The third-order valence-electron chi connectivity index (χ3n) is 5.24. The number of hydrogen-bond acceptors (Lipinski definition) is 5. The van der Waals surface area contributed by atoms with Crippen LogP contribution in [-0.4, -0.2) is 14.9 Å². The van der Waals surface area contributed by atoms with Gasteiger partial charge < -0.3 is 14.3 Å². The lowest BCUT2D eigenvalue weighted by Crippen LogP contribution is -2.14. The van der Waals surface area contributed by atoms with Gasteiger partial charge in [-0.2, -0.15) is 5.10 Å². The molecule has 6 nitrogen and oxygen atoms in total. The highest BCUT2D eigenvalue weighted by atomic mass is 16.5. The Labute approximate surface area is 183 Å². The van der Waals surface area contributed by atoms with E-state index in [1.54, 1.807) is 41.2 Å². The zero-order valence-electron chi connectivity index (χ0n) is 17.1. The first-order valence-electron chi connectivity index (χ1n) is 10.2. The lowest BCUT2D eigenvalue weighted by Gasteiger charge is -2.11. The number of aliphatic hydroxyl groups excluding tert-OH is 1. The first-order chi connectivity index (χ1) is 15.7. The van der Waals surface area contributed by atoms with Gasteiger partial charge >= 0.3 is 0 Å². The highest BCUT2D eigenvalue weighted by Crippen LogP contribution is 2.24. The molecule has 2 heterocycles. The van der Waals surface area contributed by atoms with Gasteiger partial charge in [-0.25, -0.2) is 4.68 Å². The van der Waals surface area contributed by atoms with Gasteiger partial charge in [0.15, 0.2) is 5.43 Å². The molecule has 0 saturated heterocycles. The van der Waals surface area contributed by atoms with Crippen molar-refractivity contribution in [1.29, 1.82) is 0 Å². The van der Waals surface area contributed by atoms with Gasteiger partial charge in [0.2, 0.25) is 0 Å². The summed E-state index contributed by atoms with van der Waals surface area (Å²) in [6, 6.07) is 23.9. The van der Waals surface area contributed by atoms with E-state index in [0.717, 1.165) is 11.3 Å². The number of nitrogens with zero attached hydrogens (tertiary/aromatic N) is 2. The Kier molecular flexibility index (Phi) is 5.27. The van der Waals surface area contributed by atoms with Crippen molar-refractivity contribution in [2.45, 2.75) is 12.7 Å². The molecule has 2 aromatic heterocycles. The topological polar surface area (TPSA) is 77.5 Å². The summed E-state index contributed by atoms with van der Waals surface area (Å²) in [6.07, 6.45) is 3.93. The molecule has 158 valence electrons. The summed E-state index contributed by atoms with van der Waals surface area (Å²) in [5.41, 5.74) is 2.85. The van der Waals surface area contributed by atoms with Gasteiger partial charge in [0.05, 0.1) is 22.8 Å². The van der Waals surface area contributed by atoms with Crippen molar-refractivity contribution in [1.82, 2.24) is 9.78 Å². The number of ether oxygens (including phenoxy) is 1. The van der Waals surface area contributed by atoms with Crippen LogP contribution in [0.2, 0.25) is 0 Å². The Morgan fingerprint density at radius 2 is 1.75 bits per heavy atom. The van der Waals surface area contributed by atoms with E-state index < -0.39 is 6.10 Å². The van der Waals surface area contributed by atoms with Gasteiger partial charge in [-0.3, -0.25) is 4.79 Å². The predicted molar refractivity (Wildman–Crippen MR) is 121 cm³/mol. The summed E-state index contributed by atoms with van der Waals surface area (Å²) in [6.45, 7) is 0.327. The average Bonchev–Trinajstić information content (AvgIpc) is 3.33. The lowest BCUT2D eigenvalue weighted by atomic mass is 10.0. The largest absolute Gasteiger partial charge is 0.489 e. The lowest BCUT2D eigenvalue weighted by molar-refractivity contribution is 0.216. The summed E-state index contributed by atoms with van der Waals surface area (Å²) >= 11 is 0. The minimum absolute atomic E-state index is 0.200. The molecule has 0 fully saturated rings. The van der Waals surface area contributed by atoms with E-state index >= 15 is 0 Å². The first kappa shape index (κ1) is 19.8. The maximum Gasteiger partial charge on any atom is 0.198 e. The van der Waals surface area contributed by atoms with E-state index in [9.17, 15) is 9.90 Å². The number of benzene rings is 3. The van der Waals surface area contributed by atoms with Crippen molar-refractivity contribution in [3.8, 4) is 11.4 Å². The standard InChI is InChI=1S/C26H20N2O4/c29-25(19-7-3-1-4-8-19)23-17-32-24-13-21(11-12-22(24)26(23)30)31-16-18-14-27-28(15-18)20-9-5-2-6-10-20/h1-15,17,25,29H,16H2. The summed E-state index contributed by atoms with van der Waals surface area (Å²) in [7, 11) is 0. The quantitative estimate of drug-likeness (QED) is 0.430. The minimum Gasteiger partial charge on any atom is -0.489 e. The van der Waals surface area contributed by atoms with E-state index in [0.29, 0.717) is 28.9 Å². The van der Waals surface area contributed by atoms with Crippen molar-refractivity contribution >= 4 is 11.0 Å². The van der Waals surface area contributed by atoms with Crippen LogP contribution in [-0.2, 0) is 6.61 Å². The molecule has 0 aliphatic rings. The fraction of sp³-hybridized carbons (Fsp3) is 0.0769. The Morgan fingerprint density at radius 1 is 1.00 bits per heavy atom. The molecule has 6 heteroatoms. The van der Waals surface area contributed by atoms with Crippen molar-refractivity contribution in [2.24, 2.45) is 0 Å². The van der Waals surface area contributed by atoms with E-state index in [-0.39, 0.29) is 11.0 Å². The Morgan fingerprint density at radius 3 is 2.53 bits per heavy atom. The number of fused-ring (bicyclic) bond motifs is 1. The van der Waals surface area contributed by atoms with Crippen molar-refractivity contribution in [3.05, 3.63) is 124 Å². The maximum atomic E-state index is 12.9. The van der Waals surface area contributed by atoms with Crippen molar-refractivity contribution in [2.75, 3.05) is 0 Å². The van der Waals surface area contributed by atoms with E-state index in [4.69, 9.17) is 9.15 Å². The average molecular weight is 424 g/mol. The summed E-state index contributed by atoms with van der Waals surface area (Å²) in [5.74, 6) is 0.574. The van der Waals surface area contributed by atoms with Gasteiger partial charge in [-0.15, -0.1) is 0 Å². The molecule has 5 aromatic rings. The van der Waals surface area contributed by atoms with Crippen LogP contribution in [0.25, 0.3) is 16.7 Å². The fourth-order valence-electron chi connectivity index (χ4n) is 3.54. The maximum absolute atomic E-state index is 12.9. The summed E-state index contributed by atoms with van der Waals surface area (Å²) in [4.78, 5) is 12.9. The highest BCUT2D eigenvalue weighted by molar-refractivity contribution is 5.78. The third kappa shape index (κ3) is 3.91. The normalized spacial score (nSPS) is 12.0. The van der Waals surface area contributed by atoms with E-state index in [2.05, 4.69) is 5.10 Å². The fourth-order valence-corrected chi connectivity index (χ4v) is 3.54. The van der Waals surface area contributed by atoms with Crippen LogP contribution in [0.5, 0.6) is 5.75 Å². The zero-order chi connectivity index (χ0) is 21.9. The second-order valence-corrected chi connectivity index (χ2v) is 7.41. The summed E-state index contributed by atoms with van der Waals surface area (Å²) < 4.78 is 13.3. The van der Waals surface area contributed by atoms with Crippen LogP contribution in [0.1, 0.15) is 22.8 Å². The monoisotopic (exact) mass is 424 g/mol. The third-order valence-corrected chi connectivity index (χ3v) is 5.24. The molecule has 32 heavy (non-hydrogen) atoms. The van der Waals surface area contributed by atoms with Crippen LogP contribution in [0, 0.1) is 0 Å². The molecule has 3 aromatic carbocycles. The minimum atomic E-state index is -1.05. The van der Waals surface area contributed by atoms with Crippen LogP contribution >= 0.6 is 0 Å². The van der Waals surface area contributed by atoms with Crippen molar-refractivity contribution < 1.29 is 14.3 Å². The molecule has 0 radical (unpaired) electrons. The number of hydrogen-bond donors (Lipinski definition) is 1. The second-order valence-electron chi connectivity index (χ2n) is 7.41. The Balaban J connectivity index is 1.34. The van der Waals surface area contributed by atoms with Gasteiger partial charge in [-0.05, 0) is 29.8 Å². The van der Waals surface area contributed by atoms with Gasteiger partial charge in [-0.1, -0.05) is 48.5 Å². The van der Waals surface area contributed by atoms with Crippen LogP contribution in [0.3, 0.4) is 0 Å². The molecule has 0 bridgehead atoms. The van der Waals surface area contributed by atoms with Gasteiger partial charge in [0.25, 0.3) is 0 Å². The number of para-hydroxylation sites is 1. The molecule has 5 rings (SSSR count). The molecule has 1 atom stereocenters. The second kappa shape index (κ2) is 8.53. The van der Waals surface area contributed by atoms with Crippen molar-refractivity contribution in [3.63, 3.8) is 0 Å². The Bertz CT molecular complexity index is 1410. The Hall–Kier alpha value is -4.16. The van der Waals surface area contributed by atoms with E-state index in [1.807, 2.05) is 54.7 Å². The molecular weight excluding hydrogens is 404 g/mol. The van der Waals surface area contributed by atoms with Gasteiger partial charge in [0, 0.05) is 17.8 Å². The van der Waals surface area contributed by atoms with Crippen LogP contribution in [0.15, 0.2) is 107 Å². The van der Waals surface area contributed by atoms with Crippen LogP contribution in [0.4, 0.5) is 0 Å². The summed E-state index contributed by atoms with van der Waals surface area (Å²) in [5, 5.41) is 15.3. The SMILES string of the molecule is O=c1c(C(O)c2ccccc2)coc2cc(OCc3cnn(-c4ccccc4)c3)ccc12. The molecule has 1 unspecified atom stereocenters. The molecule has 1 N–H and O–H groups in total. The first-order valence-corrected chi connectivity index (χ1v) is 10.2. The highest BCUT2D eigenvalue weighted by Gasteiger charge is 2.17. The molecule has 0 aliphatic carbocycles. The smallest absolute Gasteiger partial charge is 0.198 e. The number of rotatable bonds is 6. The molecule has 0 aliphatic heterocycles. The van der Waals surface area contributed by atoms with Gasteiger partial charge in [0.1, 0.15) is 30.3 Å². The zero-order valence-corrected chi connectivity index (χ0v) is 17.1. The molecule has 0 amide bonds. The number of aliphatic hydroxyl groups is 1. The molecule has 0 spiro atoms. The van der Waals surface area contributed by atoms with Crippen LogP contribution < -0.4 is 10.2 Å². The molecular formula is C26H20N2O4. The van der Waals surface area contributed by atoms with E-state index in [1.165, 1.54) is 6.26 Å². The number of aromatic nitrogens is 2.